The van der Waals surface area contributed by atoms with E-state index in [2.05, 4.69) is 19.1 Å². The first-order valence-corrected chi connectivity index (χ1v) is 5.00. The van der Waals surface area contributed by atoms with Gasteiger partial charge in [0.25, 0.3) is 0 Å². The Kier molecular flexibility index (Phi) is 7.66. The van der Waals surface area contributed by atoms with Crippen LogP contribution in [0.5, 0.6) is 0 Å². The van der Waals surface area contributed by atoms with E-state index in [4.69, 9.17) is 2.60 Å². The van der Waals surface area contributed by atoms with Crippen molar-refractivity contribution < 1.29 is 39.6 Å². The first kappa shape index (κ1) is 10.3. The molecule has 0 aromatic heterocycles. The SMILES string of the molecule is Cc1ccccc1.[O]=[Sm][OH]. The summed E-state index contributed by atoms with van der Waals surface area (Å²) in [5, 5.41) is 0. The van der Waals surface area contributed by atoms with E-state index >= 15 is 0 Å². The van der Waals surface area contributed by atoms with Gasteiger partial charge in [0.15, 0.2) is 0 Å². The number of aryl methyl sites for hydroxylation is 1. The van der Waals surface area contributed by atoms with Crippen LogP contribution in [0.4, 0.5) is 0 Å². The van der Waals surface area contributed by atoms with Gasteiger partial charge in [0, 0.05) is 0 Å². The molecule has 55 valence electrons. The fourth-order valence-electron chi connectivity index (χ4n) is 0.534. The Balaban J connectivity index is 0.000000236. The fourth-order valence-corrected chi connectivity index (χ4v) is 0.534. The van der Waals surface area contributed by atoms with Crippen molar-refractivity contribution in [2.75, 3.05) is 0 Å². The van der Waals surface area contributed by atoms with Crippen LogP contribution < -0.4 is 0 Å². The molecule has 0 spiro atoms. The van der Waals surface area contributed by atoms with Crippen molar-refractivity contribution in [3.63, 3.8) is 0 Å². The van der Waals surface area contributed by atoms with Crippen molar-refractivity contribution in [1.82, 2.24) is 0 Å². The fraction of sp³-hybridized carbons (Fsp3) is 0.143. The molecule has 10 heavy (non-hydrogen) atoms. The van der Waals surface area contributed by atoms with Crippen LogP contribution in [0.2, 0.25) is 0 Å². The molecule has 1 rings (SSSR count). The van der Waals surface area contributed by atoms with E-state index in [0.29, 0.717) is 0 Å². The molecule has 0 aliphatic rings. The topological polar surface area (TPSA) is 37.3 Å². The molecule has 0 heterocycles. The minimum atomic E-state index is -2.00. The first-order valence-electron chi connectivity index (χ1n) is 2.76. The molecule has 0 unspecified atom stereocenters. The molecule has 0 atom stereocenters. The molecule has 0 saturated heterocycles. The summed E-state index contributed by atoms with van der Waals surface area (Å²) in [6.45, 7) is 2.08. The van der Waals surface area contributed by atoms with Gasteiger partial charge in [-0.3, -0.25) is 0 Å². The van der Waals surface area contributed by atoms with Gasteiger partial charge in [-0.1, -0.05) is 35.9 Å². The maximum atomic E-state index is 8.65. The third-order valence-corrected chi connectivity index (χ3v) is 0.940. The average Bonchev–Trinajstić information content (AvgIpc) is 1.91. The standard InChI is InChI=1S/C7H8.H2O.O.Sm/c1-7-5-3-2-4-6-7;;;/h2-6H,1H3;1H2;;/q;;;+1/p-1. The predicted octanol–water partition coefficient (Wildman–Crippen LogP) is 1.32. The van der Waals surface area contributed by atoms with Crippen LogP contribution in [0, 0.1) is 43.9 Å². The van der Waals surface area contributed by atoms with Gasteiger partial charge in [0.1, 0.15) is 0 Å². The second kappa shape index (κ2) is 7.42. The Morgan fingerprint density at radius 1 is 1.30 bits per heavy atom. The monoisotopic (exact) mass is 277 g/mol. The van der Waals surface area contributed by atoms with E-state index in [1.165, 1.54) is 5.56 Å². The third kappa shape index (κ3) is 6.44. The molecule has 0 saturated carbocycles. The summed E-state index contributed by atoms with van der Waals surface area (Å²) in [6.07, 6.45) is 0. The van der Waals surface area contributed by atoms with E-state index in [-0.39, 0.29) is 0 Å². The van der Waals surface area contributed by atoms with Crippen molar-refractivity contribution in [3.8, 4) is 0 Å². The second-order valence-electron chi connectivity index (χ2n) is 1.73. The molecular formula is C7H9O2Sm. The van der Waals surface area contributed by atoms with Crippen LogP contribution in [0.3, 0.4) is 0 Å². The molecule has 0 aliphatic heterocycles. The average molecular weight is 276 g/mol. The first-order chi connectivity index (χ1) is 4.81. The van der Waals surface area contributed by atoms with Gasteiger partial charge in [-0.25, -0.2) is 0 Å². The van der Waals surface area contributed by atoms with Crippen LogP contribution in [0.15, 0.2) is 30.3 Å². The quantitative estimate of drug-likeness (QED) is 0.775. The van der Waals surface area contributed by atoms with Crippen molar-refractivity contribution >= 4 is 0 Å². The van der Waals surface area contributed by atoms with Gasteiger partial charge in [-0.15, -0.1) is 0 Å². The summed E-state index contributed by atoms with van der Waals surface area (Å²) < 4.78 is 15.8. The second-order valence-corrected chi connectivity index (χ2v) is 2.21. The molecule has 0 fully saturated rings. The number of rotatable bonds is 0. The van der Waals surface area contributed by atoms with Crippen molar-refractivity contribution in [2.24, 2.45) is 0 Å². The van der Waals surface area contributed by atoms with Crippen molar-refractivity contribution in [3.05, 3.63) is 35.9 Å². The zero-order valence-electron chi connectivity index (χ0n) is 5.65. The summed E-state index contributed by atoms with van der Waals surface area (Å²) in [5.41, 5.74) is 1.32. The molecule has 2 nitrogen and oxygen atoms in total. The minimum absolute atomic E-state index is 1.32. The van der Waals surface area contributed by atoms with Crippen molar-refractivity contribution in [1.29, 1.82) is 0 Å². The summed E-state index contributed by atoms with van der Waals surface area (Å²) in [5.74, 6) is 0. The van der Waals surface area contributed by atoms with Crippen LogP contribution in [-0.4, -0.2) is 1.49 Å². The number of hydrogen-bond acceptors (Lipinski definition) is 1. The van der Waals surface area contributed by atoms with Crippen LogP contribution in [0.1, 0.15) is 5.56 Å². The molecule has 0 aliphatic carbocycles. The Morgan fingerprint density at radius 3 is 1.90 bits per heavy atom. The molecular weight excluding hydrogens is 266 g/mol. The van der Waals surface area contributed by atoms with E-state index in [9.17, 15) is 0 Å². The number of benzene rings is 1. The van der Waals surface area contributed by atoms with Crippen LogP contribution >= 0.6 is 0 Å². The van der Waals surface area contributed by atoms with Gasteiger partial charge < -0.3 is 0 Å². The van der Waals surface area contributed by atoms with E-state index in [1.54, 1.807) is 0 Å². The predicted molar refractivity (Wildman–Crippen MR) is 34.1 cm³/mol. The van der Waals surface area contributed by atoms with Crippen molar-refractivity contribution in [2.45, 2.75) is 6.92 Å². The molecule has 3 heteroatoms. The van der Waals surface area contributed by atoms with Crippen LogP contribution in [0.25, 0.3) is 0 Å². The molecule has 1 aromatic carbocycles. The van der Waals surface area contributed by atoms with Gasteiger partial charge in [-0.05, 0) is 6.92 Å². The molecule has 1 aromatic rings. The van der Waals surface area contributed by atoms with E-state index in [0.717, 1.165) is 0 Å². The summed E-state index contributed by atoms with van der Waals surface area (Å²) in [6, 6.07) is 10.3. The Labute approximate surface area is 81.6 Å². The van der Waals surface area contributed by atoms with Crippen LogP contribution in [-0.2, 0) is 1.11 Å². The Bertz CT molecular complexity index is 174. The van der Waals surface area contributed by atoms with Gasteiger partial charge in [0.2, 0.25) is 0 Å². The van der Waals surface area contributed by atoms with E-state index < -0.39 is 37.0 Å². The molecule has 0 bridgehead atoms. The summed E-state index contributed by atoms with van der Waals surface area (Å²) in [7, 11) is 0. The normalized spacial score (nSPS) is 7.40. The summed E-state index contributed by atoms with van der Waals surface area (Å²) >= 11 is -2.00. The Hall–Kier alpha value is 0.318. The zero-order valence-corrected chi connectivity index (χ0v) is 8.27. The third-order valence-electron chi connectivity index (χ3n) is 0.940. The van der Waals surface area contributed by atoms with Gasteiger partial charge in [0.05, 0.1) is 0 Å². The number of hydrogen-bond donors (Lipinski definition) is 1. The van der Waals surface area contributed by atoms with Gasteiger partial charge in [-0.2, -0.15) is 0 Å². The molecule has 0 amide bonds. The maximum absolute atomic E-state index is 8.65. The Morgan fingerprint density at radius 2 is 1.70 bits per heavy atom. The molecule has 1 N–H and O–H groups in total. The zero-order chi connectivity index (χ0) is 7.82. The van der Waals surface area contributed by atoms with Gasteiger partial charge >= 0.3 is 39.6 Å². The molecule has 0 radical (unpaired) electrons. The van der Waals surface area contributed by atoms with E-state index in [1.807, 2.05) is 18.2 Å². The summed E-state index contributed by atoms with van der Waals surface area (Å²) in [4.78, 5) is 0.